The van der Waals surface area contributed by atoms with Crippen molar-refractivity contribution in [3.63, 3.8) is 0 Å². The molecule has 3 aromatic rings. The third-order valence-electron chi connectivity index (χ3n) is 4.73. The normalized spacial score (nSPS) is 11.5. The Labute approximate surface area is 171 Å². The van der Waals surface area contributed by atoms with Gasteiger partial charge in [0.05, 0.1) is 18.7 Å². The summed E-state index contributed by atoms with van der Waals surface area (Å²) in [5.41, 5.74) is 2.69. The van der Waals surface area contributed by atoms with E-state index in [0.717, 1.165) is 16.8 Å². The Hall–Kier alpha value is -3.47. The number of nitrogens with one attached hydrogen (secondary N) is 1. The van der Waals surface area contributed by atoms with E-state index in [1.165, 1.54) is 0 Å². The number of carbonyl (C=O) groups excluding carboxylic acids is 2. The molecule has 0 aliphatic rings. The van der Waals surface area contributed by atoms with Crippen LogP contribution in [0.3, 0.4) is 0 Å². The molecule has 0 aliphatic carbocycles. The van der Waals surface area contributed by atoms with Gasteiger partial charge in [-0.05, 0) is 30.2 Å². The van der Waals surface area contributed by atoms with E-state index in [9.17, 15) is 9.59 Å². The standard InChI is InChI=1S/C24H25N3O2/c1-19(24(29)26-17-22-14-8-9-15-25-22)27(18-21-12-6-3-7-13-21)23(28)16-20-10-4-2-5-11-20/h2-15,19H,16-18H2,1H3,(H,26,29)/t19-/m0/s1. The van der Waals surface area contributed by atoms with Crippen LogP contribution in [-0.4, -0.2) is 27.7 Å². The first-order valence-electron chi connectivity index (χ1n) is 9.68. The molecule has 5 nitrogen and oxygen atoms in total. The highest BCUT2D eigenvalue weighted by molar-refractivity contribution is 5.88. The molecule has 0 fully saturated rings. The summed E-state index contributed by atoms with van der Waals surface area (Å²) >= 11 is 0. The Bertz CT molecular complexity index is 915. The number of rotatable bonds is 8. The van der Waals surface area contributed by atoms with Crippen molar-refractivity contribution in [1.29, 1.82) is 0 Å². The lowest BCUT2D eigenvalue weighted by molar-refractivity contribution is -0.140. The van der Waals surface area contributed by atoms with Gasteiger partial charge in [0, 0.05) is 12.7 Å². The summed E-state index contributed by atoms with van der Waals surface area (Å²) in [5.74, 6) is -0.284. The van der Waals surface area contributed by atoms with E-state index in [-0.39, 0.29) is 18.2 Å². The summed E-state index contributed by atoms with van der Waals surface area (Å²) in [7, 11) is 0. The smallest absolute Gasteiger partial charge is 0.242 e. The number of aromatic nitrogens is 1. The zero-order valence-corrected chi connectivity index (χ0v) is 16.5. The van der Waals surface area contributed by atoms with Crippen molar-refractivity contribution >= 4 is 11.8 Å². The van der Waals surface area contributed by atoms with Gasteiger partial charge in [0.1, 0.15) is 6.04 Å². The van der Waals surface area contributed by atoms with Gasteiger partial charge in [-0.1, -0.05) is 66.7 Å². The molecule has 1 heterocycles. The molecule has 1 N–H and O–H groups in total. The lowest BCUT2D eigenvalue weighted by Gasteiger charge is -2.29. The molecule has 2 amide bonds. The molecule has 5 heteroatoms. The molecule has 148 valence electrons. The second-order valence-electron chi connectivity index (χ2n) is 6.88. The number of hydrogen-bond donors (Lipinski definition) is 1. The van der Waals surface area contributed by atoms with Crippen molar-refractivity contribution in [2.75, 3.05) is 0 Å². The first-order chi connectivity index (χ1) is 14.1. The average Bonchev–Trinajstić information content (AvgIpc) is 2.77. The molecule has 0 bridgehead atoms. The number of benzene rings is 2. The minimum atomic E-state index is -0.602. The summed E-state index contributed by atoms with van der Waals surface area (Å²) in [6, 6.07) is 24.3. The molecule has 0 radical (unpaired) electrons. The van der Waals surface area contributed by atoms with Gasteiger partial charge in [0.2, 0.25) is 11.8 Å². The van der Waals surface area contributed by atoms with E-state index in [2.05, 4.69) is 10.3 Å². The summed E-state index contributed by atoms with van der Waals surface area (Å²) in [4.78, 5) is 31.7. The van der Waals surface area contributed by atoms with Crippen LogP contribution in [-0.2, 0) is 29.1 Å². The van der Waals surface area contributed by atoms with Crippen molar-refractivity contribution < 1.29 is 9.59 Å². The first kappa shape index (κ1) is 20.3. The van der Waals surface area contributed by atoms with Gasteiger partial charge in [-0.2, -0.15) is 0 Å². The van der Waals surface area contributed by atoms with Gasteiger partial charge in [-0.15, -0.1) is 0 Å². The Morgan fingerprint density at radius 1 is 0.897 bits per heavy atom. The van der Waals surface area contributed by atoms with Crippen molar-refractivity contribution in [3.8, 4) is 0 Å². The zero-order chi connectivity index (χ0) is 20.5. The predicted molar refractivity (Wildman–Crippen MR) is 113 cm³/mol. The van der Waals surface area contributed by atoms with Gasteiger partial charge in [-0.25, -0.2) is 0 Å². The number of amides is 2. The van der Waals surface area contributed by atoms with Crippen LogP contribution in [0.15, 0.2) is 85.1 Å². The summed E-state index contributed by atoms with van der Waals surface area (Å²) < 4.78 is 0. The minimum absolute atomic E-state index is 0.0828. The lowest BCUT2D eigenvalue weighted by Crippen LogP contribution is -2.48. The van der Waals surface area contributed by atoms with E-state index in [1.54, 1.807) is 18.0 Å². The SMILES string of the molecule is C[C@@H](C(=O)NCc1ccccn1)N(Cc1ccccc1)C(=O)Cc1ccccc1. The molecule has 0 spiro atoms. The van der Waals surface area contributed by atoms with E-state index in [0.29, 0.717) is 13.1 Å². The van der Waals surface area contributed by atoms with Gasteiger partial charge in [0.15, 0.2) is 0 Å². The third kappa shape index (κ3) is 6.01. The van der Waals surface area contributed by atoms with Gasteiger partial charge in [-0.3, -0.25) is 14.6 Å². The van der Waals surface area contributed by atoms with Gasteiger partial charge >= 0.3 is 0 Å². The molecule has 0 unspecified atom stereocenters. The maximum atomic E-state index is 13.1. The summed E-state index contributed by atoms with van der Waals surface area (Å²) in [6.45, 7) is 2.47. The molecule has 0 saturated carbocycles. The van der Waals surface area contributed by atoms with Gasteiger partial charge in [0.25, 0.3) is 0 Å². The van der Waals surface area contributed by atoms with Crippen LogP contribution in [0.25, 0.3) is 0 Å². The van der Waals surface area contributed by atoms with Crippen molar-refractivity contribution in [3.05, 3.63) is 102 Å². The number of nitrogens with zero attached hydrogens (tertiary/aromatic N) is 2. The Kier molecular flexibility index (Phi) is 7.11. The van der Waals surface area contributed by atoms with Crippen molar-refractivity contribution in [2.24, 2.45) is 0 Å². The van der Waals surface area contributed by atoms with Crippen LogP contribution < -0.4 is 5.32 Å². The highest BCUT2D eigenvalue weighted by Crippen LogP contribution is 2.12. The van der Waals surface area contributed by atoms with E-state index in [4.69, 9.17) is 0 Å². The summed E-state index contributed by atoms with van der Waals surface area (Å²) in [5, 5.41) is 2.89. The van der Waals surface area contributed by atoms with E-state index in [1.807, 2.05) is 78.9 Å². The highest BCUT2D eigenvalue weighted by Gasteiger charge is 2.26. The molecule has 29 heavy (non-hydrogen) atoms. The van der Waals surface area contributed by atoms with E-state index >= 15 is 0 Å². The maximum absolute atomic E-state index is 13.1. The van der Waals surface area contributed by atoms with E-state index < -0.39 is 6.04 Å². The largest absolute Gasteiger partial charge is 0.349 e. The maximum Gasteiger partial charge on any atom is 0.242 e. The Morgan fingerprint density at radius 2 is 1.52 bits per heavy atom. The quantitative estimate of drug-likeness (QED) is 0.645. The average molecular weight is 387 g/mol. The fourth-order valence-electron chi connectivity index (χ4n) is 3.06. The topological polar surface area (TPSA) is 62.3 Å². The fraction of sp³-hybridized carbons (Fsp3) is 0.208. The molecular weight excluding hydrogens is 362 g/mol. The Morgan fingerprint density at radius 3 is 2.14 bits per heavy atom. The highest BCUT2D eigenvalue weighted by atomic mass is 16.2. The lowest BCUT2D eigenvalue weighted by atomic mass is 10.1. The van der Waals surface area contributed by atoms with Crippen LogP contribution in [0.5, 0.6) is 0 Å². The van der Waals surface area contributed by atoms with Crippen LogP contribution in [0, 0.1) is 0 Å². The predicted octanol–water partition coefficient (Wildman–Crippen LogP) is 3.36. The molecule has 0 saturated heterocycles. The Balaban J connectivity index is 1.71. The number of pyridine rings is 1. The van der Waals surface area contributed by atoms with Gasteiger partial charge < -0.3 is 10.2 Å². The fourth-order valence-corrected chi connectivity index (χ4v) is 3.06. The molecule has 0 aliphatic heterocycles. The van der Waals surface area contributed by atoms with Crippen LogP contribution >= 0.6 is 0 Å². The summed E-state index contributed by atoms with van der Waals surface area (Å²) in [6.07, 6.45) is 1.95. The second-order valence-corrected chi connectivity index (χ2v) is 6.88. The van der Waals surface area contributed by atoms with Crippen LogP contribution in [0.1, 0.15) is 23.7 Å². The van der Waals surface area contributed by atoms with Crippen LogP contribution in [0.2, 0.25) is 0 Å². The van der Waals surface area contributed by atoms with Crippen molar-refractivity contribution in [2.45, 2.75) is 32.5 Å². The third-order valence-corrected chi connectivity index (χ3v) is 4.73. The second kappa shape index (κ2) is 10.2. The first-order valence-corrected chi connectivity index (χ1v) is 9.68. The number of hydrogen-bond acceptors (Lipinski definition) is 3. The monoisotopic (exact) mass is 387 g/mol. The zero-order valence-electron chi connectivity index (χ0n) is 16.5. The molecule has 1 aromatic heterocycles. The number of carbonyl (C=O) groups is 2. The van der Waals surface area contributed by atoms with Crippen molar-refractivity contribution in [1.82, 2.24) is 15.2 Å². The van der Waals surface area contributed by atoms with Crippen LogP contribution in [0.4, 0.5) is 0 Å². The molecule has 2 aromatic carbocycles. The molecular formula is C24H25N3O2. The minimum Gasteiger partial charge on any atom is -0.349 e. The molecule has 3 rings (SSSR count). The molecule has 1 atom stereocenters.